The SMILES string of the molecule is CCN1CCN(C(=O)Cc2ocnc2C)CC1. The second-order valence-corrected chi connectivity index (χ2v) is 4.35. The first kappa shape index (κ1) is 12.1. The van der Waals surface area contributed by atoms with Gasteiger partial charge in [0.15, 0.2) is 6.39 Å². The lowest BCUT2D eigenvalue weighted by molar-refractivity contribution is -0.132. The predicted molar refractivity (Wildman–Crippen MR) is 63.6 cm³/mol. The second-order valence-electron chi connectivity index (χ2n) is 4.35. The van der Waals surface area contributed by atoms with Crippen molar-refractivity contribution < 1.29 is 9.21 Å². The van der Waals surface area contributed by atoms with Crippen LogP contribution in [0.2, 0.25) is 0 Å². The third-order valence-corrected chi connectivity index (χ3v) is 3.33. The van der Waals surface area contributed by atoms with Crippen LogP contribution in [0.25, 0.3) is 0 Å². The molecule has 2 heterocycles. The molecule has 0 aromatic carbocycles. The molecule has 17 heavy (non-hydrogen) atoms. The van der Waals surface area contributed by atoms with E-state index >= 15 is 0 Å². The van der Waals surface area contributed by atoms with E-state index in [9.17, 15) is 4.79 Å². The number of carbonyl (C=O) groups excluding carboxylic acids is 1. The summed E-state index contributed by atoms with van der Waals surface area (Å²) >= 11 is 0. The largest absolute Gasteiger partial charge is 0.448 e. The average molecular weight is 237 g/mol. The van der Waals surface area contributed by atoms with Crippen molar-refractivity contribution in [2.45, 2.75) is 20.3 Å². The van der Waals surface area contributed by atoms with Crippen LogP contribution in [0.4, 0.5) is 0 Å². The number of aromatic nitrogens is 1. The molecule has 0 unspecified atom stereocenters. The number of piperazine rings is 1. The van der Waals surface area contributed by atoms with Gasteiger partial charge in [0.2, 0.25) is 5.91 Å². The Hall–Kier alpha value is -1.36. The van der Waals surface area contributed by atoms with Gasteiger partial charge in [0.05, 0.1) is 12.1 Å². The molecule has 2 rings (SSSR count). The number of likely N-dealkylation sites (N-methyl/N-ethyl adjacent to an activating group) is 1. The zero-order valence-electron chi connectivity index (χ0n) is 10.5. The van der Waals surface area contributed by atoms with Crippen molar-refractivity contribution in [1.29, 1.82) is 0 Å². The van der Waals surface area contributed by atoms with Crippen LogP contribution in [0.5, 0.6) is 0 Å². The van der Waals surface area contributed by atoms with Gasteiger partial charge in [-0.3, -0.25) is 4.79 Å². The smallest absolute Gasteiger partial charge is 0.230 e. The summed E-state index contributed by atoms with van der Waals surface area (Å²) in [6.45, 7) is 8.65. The standard InChI is InChI=1S/C12H19N3O2/c1-3-14-4-6-15(7-5-14)12(16)8-11-10(2)13-9-17-11/h9H,3-8H2,1-2H3. The second kappa shape index (κ2) is 5.31. The summed E-state index contributed by atoms with van der Waals surface area (Å²) in [5.41, 5.74) is 0.811. The first-order valence-electron chi connectivity index (χ1n) is 6.09. The molecule has 0 radical (unpaired) electrons. The molecule has 1 saturated heterocycles. The average Bonchev–Trinajstić information content (AvgIpc) is 2.75. The number of hydrogen-bond acceptors (Lipinski definition) is 4. The van der Waals surface area contributed by atoms with Gasteiger partial charge in [-0.05, 0) is 13.5 Å². The van der Waals surface area contributed by atoms with Crippen molar-refractivity contribution in [2.75, 3.05) is 32.7 Å². The van der Waals surface area contributed by atoms with E-state index in [0.29, 0.717) is 12.2 Å². The fraction of sp³-hybridized carbons (Fsp3) is 0.667. The summed E-state index contributed by atoms with van der Waals surface area (Å²) in [5, 5.41) is 0. The van der Waals surface area contributed by atoms with E-state index in [0.717, 1.165) is 38.4 Å². The lowest BCUT2D eigenvalue weighted by Gasteiger charge is -2.33. The molecule has 1 aliphatic rings. The highest BCUT2D eigenvalue weighted by Crippen LogP contribution is 2.09. The minimum Gasteiger partial charge on any atom is -0.448 e. The van der Waals surface area contributed by atoms with Crippen LogP contribution in [0, 0.1) is 6.92 Å². The topological polar surface area (TPSA) is 49.6 Å². The number of nitrogens with zero attached hydrogens (tertiary/aromatic N) is 3. The minimum atomic E-state index is 0.139. The summed E-state index contributed by atoms with van der Waals surface area (Å²) < 4.78 is 5.20. The van der Waals surface area contributed by atoms with Gasteiger partial charge in [-0.25, -0.2) is 4.98 Å². The van der Waals surface area contributed by atoms with Gasteiger partial charge in [-0.15, -0.1) is 0 Å². The van der Waals surface area contributed by atoms with E-state index in [2.05, 4.69) is 16.8 Å². The molecular formula is C12H19N3O2. The monoisotopic (exact) mass is 237 g/mol. The highest BCUT2D eigenvalue weighted by Gasteiger charge is 2.21. The van der Waals surface area contributed by atoms with Crippen LogP contribution < -0.4 is 0 Å². The van der Waals surface area contributed by atoms with Crippen molar-refractivity contribution in [1.82, 2.24) is 14.8 Å². The highest BCUT2D eigenvalue weighted by molar-refractivity contribution is 5.78. The van der Waals surface area contributed by atoms with Crippen molar-refractivity contribution in [3.05, 3.63) is 17.8 Å². The normalized spacial score (nSPS) is 17.4. The Kier molecular flexibility index (Phi) is 3.78. The summed E-state index contributed by atoms with van der Waals surface area (Å²) in [4.78, 5) is 20.3. The Morgan fingerprint density at radius 3 is 2.65 bits per heavy atom. The Bertz CT molecular complexity index is 381. The van der Waals surface area contributed by atoms with Crippen LogP contribution in [-0.2, 0) is 11.2 Å². The molecule has 1 fully saturated rings. The highest BCUT2D eigenvalue weighted by atomic mass is 16.3. The first-order chi connectivity index (χ1) is 8.20. The van der Waals surface area contributed by atoms with E-state index in [1.165, 1.54) is 6.39 Å². The quantitative estimate of drug-likeness (QED) is 0.776. The Labute approximate surface area is 101 Å². The van der Waals surface area contributed by atoms with E-state index in [-0.39, 0.29) is 5.91 Å². The van der Waals surface area contributed by atoms with Gasteiger partial charge < -0.3 is 14.2 Å². The van der Waals surface area contributed by atoms with Crippen molar-refractivity contribution in [2.24, 2.45) is 0 Å². The summed E-state index contributed by atoms with van der Waals surface area (Å²) in [6.07, 6.45) is 1.73. The molecule has 1 aromatic heterocycles. The molecule has 0 bridgehead atoms. The van der Waals surface area contributed by atoms with Gasteiger partial charge in [0.1, 0.15) is 5.76 Å². The molecule has 1 aliphatic heterocycles. The molecule has 94 valence electrons. The van der Waals surface area contributed by atoms with E-state index in [1.807, 2.05) is 11.8 Å². The molecular weight excluding hydrogens is 218 g/mol. The van der Waals surface area contributed by atoms with E-state index < -0.39 is 0 Å². The molecule has 1 aromatic rings. The summed E-state index contributed by atoms with van der Waals surface area (Å²) in [5.74, 6) is 0.827. The number of carbonyl (C=O) groups is 1. The Morgan fingerprint density at radius 1 is 1.41 bits per heavy atom. The third-order valence-electron chi connectivity index (χ3n) is 3.33. The van der Waals surface area contributed by atoms with Gasteiger partial charge >= 0.3 is 0 Å². The number of hydrogen-bond donors (Lipinski definition) is 0. The van der Waals surface area contributed by atoms with Crippen LogP contribution in [0.3, 0.4) is 0 Å². The lowest BCUT2D eigenvalue weighted by Crippen LogP contribution is -2.48. The van der Waals surface area contributed by atoms with Gasteiger partial charge in [-0.2, -0.15) is 0 Å². The van der Waals surface area contributed by atoms with Crippen molar-refractivity contribution >= 4 is 5.91 Å². The minimum absolute atomic E-state index is 0.139. The van der Waals surface area contributed by atoms with E-state index in [1.54, 1.807) is 0 Å². The number of rotatable bonds is 3. The van der Waals surface area contributed by atoms with Crippen LogP contribution in [0.1, 0.15) is 18.4 Å². The van der Waals surface area contributed by atoms with E-state index in [4.69, 9.17) is 4.42 Å². The number of oxazole rings is 1. The molecule has 0 atom stereocenters. The Balaban J connectivity index is 1.87. The third kappa shape index (κ3) is 2.85. The maximum atomic E-state index is 12.0. The fourth-order valence-electron chi connectivity index (χ4n) is 2.06. The fourth-order valence-corrected chi connectivity index (χ4v) is 2.06. The molecule has 5 heteroatoms. The molecule has 0 saturated carbocycles. The zero-order chi connectivity index (χ0) is 12.3. The van der Waals surface area contributed by atoms with Gasteiger partial charge in [0.25, 0.3) is 0 Å². The van der Waals surface area contributed by atoms with Crippen LogP contribution in [0.15, 0.2) is 10.8 Å². The molecule has 0 aliphatic carbocycles. The number of amides is 1. The zero-order valence-corrected chi connectivity index (χ0v) is 10.5. The lowest BCUT2D eigenvalue weighted by atomic mass is 10.2. The van der Waals surface area contributed by atoms with Gasteiger partial charge in [0, 0.05) is 26.2 Å². The van der Waals surface area contributed by atoms with Crippen molar-refractivity contribution in [3.8, 4) is 0 Å². The van der Waals surface area contributed by atoms with Crippen molar-refractivity contribution in [3.63, 3.8) is 0 Å². The summed E-state index contributed by atoms with van der Waals surface area (Å²) in [6, 6.07) is 0. The maximum Gasteiger partial charge on any atom is 0.230 e. The van der Waals surface area contributed by atoms with Crippen LogP contribution in [-0.4, -0.2) is 53.4 Å². The maximum absolute atomic E-state index is 12.0. The predicted octanol–water partition coefficient (Wildman–Crippen LogP) is 0.690. The summed E-state index contributed by atoms with van der Waals surface area (Å²) in [7, 11) is 0. The molecule has 0 spiro atoms. The first-order valence-corrected chi connectivity index (χ1v) is 6.09. The Morgan fingerprint density at radius 2 is 2.12 bits per heavy atom. The molecule has 0 N–H and O–H groups in total. The molecule has 1 amide bonds. The number of aryl methyl sites for hydroxylation is 1. The van der Waals surface area contributed by atoms with Crippen LogP contribution >= 0.6 is 0 Å². The van der Waals surface area contributed by atoms with Gasteiger partial charge in [-0.1, -0.05) is 6.92 Å². The molecule has 5 nitrogen and oxygen atoms in total.